The maximum Gasteiger partial charge on any atom is 0.253 e. The molecule has 2 rings (SSSR count). The van der Waals surface area contributed by atoms with Crippen molar-refractivity contribution >= 4 is 11.6 Å². The van der Waals surface area contributed by atoms with Gasteiger partial charge in [-0.25, -0.2) is 0 Å². The third-order valence-electron chi connectivity index (χ3n) is 2.97. The number of fused-ring (bicyclic) bond motifs is 1. The van der Waals surface area contributed by atoms with Crippen molar-refractivity contribution in [2.45, 2.75) is 45.8 Å². The lowest BCUT2D eigenvalue weighted by atomic mass is 10.1. The van der Waals surface area contributed by atoms with Gasteiger partial charge in [-0.2, -0.15) is 0 Å². The molecule has 0 aliphatic carbocycles. The van der Waals surface area contributed by atoms with Gasteiger partial charge in [-0.1, -0.05) is 6.92 Å². The van der Waals surface area contributed by atoms with Crippen LogP contribution in [0.15, 0.2) is 18.2 Å². The van der Waals surface area contributed by atoms with E-state index < -0.39 is 6.10 Å². The zero-order valence-corrected chi connectivity index (χ0v) is 13.1. The Morgan fingerprint density at radius 2 is 1.95 bits per heavy atom. The van der Waals surface area contributed by atoms with Crippen LogP contribution in [0.1, 0.15) is 34.1 Å². The second kappa shape index (κ2) is 6.35. The molecule has 1 aliphatic rings. The molecule has 1 N–H and O–H groups in total. The minimum absolute atomic E-state index is 0.149. The topological polar surface area (TPSA) is 56.8 Å². The molecule has 5 heteroatoms. The van der Waals surface area contributed by atoms with E-state index in [1.165, 1.54) is 0 Å². The van der Waals surface area contributed by atoms with Crippen molar-refractivity contribution in [3.05, 3.63) is 18.2 Å². The molecule has 0 saturated heterocycles. The fourth-order valence-electron chi connectivity index (χ4n) is 2.09. The first-order valence-electron chi connectivity index (χ1n) is 7.27. The quantitative estimate of drug-likeness (QED) is 0.927. The molecule has 5 nitrogen and oxygen atoms in total. The van der Waals surface area contributed by atoms with Crippen molar-refractivity contribution in [2.24, 2.45) is 0 Å². The van der Waals surface area contributed by atoms with Crippen molar-refractivity contribution < 1.29 is 19.0 Å². The van der Waals surface area contributed by atoms with Gasteiger partial charge in [-0.15, -0.1) is 0 Å². The molecule has 1 unspecified atom stereocenters. The van der Waals surface area contributed by atoms with Gasteiger partial charge in [0.1, 0.15) is 19.3 Å². The summed E-state index contributed by atoms with van der Waals surface area (Å²) in [4.78, 5) is 12.3. The third-order valence-corrected chi connectivity index (χ3v) is 2.97. The Morgan fingerprint density at radius 3 is 2.57 bits per heavy atom. The number of ether oxygens (including phenoxy) is 3. The molecule has 1 aliphatic heterocycles. The molecule has 0 aromatic heterocycles. The molecule has 1 amide bonds. The molecule has 21 heavy (non-hydrogen) atoms. The van der Waals surface area contributed by atoms with Gasteiger partial charge in [0.15, 0.2) is 11.5 Å². The highest BCUT2D eigenvalue weighted by atomic mass is 16.6. The van der Waals surface area contributed by atoms with Gasteiger partial charge < -0.3 is 19.5 Å². The van der Waals surface area contributed by atoms with E-state index in [0.29, 0.717) is 36.8 Å². The lowest BCUT2D eigenvalue weighted by Gasteiger charge is -2.26. The highest BCUT2D eigenvalue weighted by molar-refractivity contribution is 5.94. The van der Waals surface area contributed by atoms with E-state index in [2.05, 4.69) is 5.32 Å². The summed E-state index contributed by atoms with van der Waals surface area (Å²) >= 11 is 0. The summed E-state index contributed by atoms with van der Waals surface area (Å²) in [6, 6.07) is 5.38. The Hall–Kier alpha value is -1.75. The van der Waals surface area contributed by atoms with Crippen molar-refractivity contribution in [3.8, 4) is 11.5 Å². The number of amides is 1. The molecule has 0 bridgehead atoms. The molecule has 116 valence electrons. The van der Waals surface area contributed by atoms with Crippen LogP contribution < -0.4 is 14.8 Å². The molecule has 0 radical (unpaired) electrons. The molecule has 1 heterocycles. The predicted octanol–water partition coefficient (Wildman–Crippen LogP) is 2.99. The van der Waals surface area contributed by atoms with Gasteiger partial charge in [-0.05, 0) is 39.3 Å². The van der Waals surface area contributed by atoms with Crippen LogP contribution in [0.2, 0.25) is 0 Å². The molecular formula is C16H23NO4. The van der Waals surface area contributed by atoms with Gasteiger partial charge in [0, 0.05) is 11.8 Å². The minimum atomic E-state index is -0.474. The summed E-state index contributed by atoms with van der Waals surface area (Å²) in [7, 11) is 0. The largest absolute Gasteiger partial charge is 0.486 e. The molecule has 0 fully saturated rings. The van der Waals surface area contributed by atoms with Crippen LogP contribution in [-0.4, -0.2) is 30.8 Å². The van der Waals surface area contributed by atoms with Gasteiger partial charge in [0.25, 0.3) is 5.91 Å². The normalized spacial score (nSPS) is 15.4. The van der Waals surface area contributed by atoms with Crippen LogP contribution >= 0.6 is 0 Å². The minimum Gasteiger partial charge on any atom is -0.486 e. The average Bonchev–Trinajstić information content (AvgIpc) is 2.43. The van der Waals surface area contributed by atoms with Gasteiger partial charge in [0.2, 0.25) is 0 Å². The maximum atomic E-state index is 12.3. The zero-order chi connectivity index (χ0) is 15.5. The Labute approximate surface area is 125 Å². The summed E-state index contributed by atoms with van der Waals surface area (Å²) in [5.41, 5.74) is 0.324. The fraction of sp³-hybridized carbons (Fsp3) is 0.562. The average molecular weight is 293 g/mol. The van der Waals surface area contributed by atoms with Crippen LogP contribution in [0.5, 0.6) is 11.5 Å². The van der Waals surface area contributed by atoms with Crippen molar-refractivity contribution in [1.82, 2.24) is 0 Å². The number of anilines is 1. The van der Waals surface area contributed by atoms with E-state index in [1.807, 2.05) is 27.7 Å². The SMILES string of the molecule is CCC(OC(C)(C)C)C(=O)Nc1ccc2c(c1)OCCO2. The highest BCUT2D eigenvalue weighted by Gasteiger charge is 2.24. The lowest BCUT2D eigenvalue weighted by molar-refractivity contribution is -0.137. The molecule has 1 atom stereocenters. The first kappa shape index (κ1) is 15.6. The second-order valence-corrected chi connectivity index (χ2v) is 5.97. The van der Waals surface area contributed by atoms with E-state index in [1.54, 1.807) is 18.2 Å². The Kier molecular flexibility index (Phi) is 4.73. The second-order valence-electron chi connectivity index (χ2n) is 5.97. The fourth-order valence-corrected chi connectivity index (χ4v) is 2.09. The number of hydrogen-bond donors (Lipinski definition) is 1. The summed E-state index contributed by atoms with van der Waals surface area (Å²) in [6.45, 7) is 8.82. The predicted molar refractivity (Wildman–Crippen MR) is 81.0 cm³/mol. The number of nitrogens with one attached hydrogen (secondary N) is 1. The molecule has 0 spiro atoms. The van der Waals surface area contributed by atoms with Gasteiger partial charge >= 0.3 is 0 Å². The maximum absolute atomic E-state index is 12.3. The van der Waals surface area contributed by atoms with E-state index in [4.69, 9.17) is 14.2 Å². The summed E-state index contributed by atoms with van der Waals surface area (Å²) in [5.74, 6) is 1.21. The van der Waals surface area contributed by atoms with Crippen molar-refractivity contribution in [3.63, 3.8) is 0 Å². The molecular weight excluding hydrogens is 270 g/mol. The van der Waals surface area contributed by atoms with E-state index >= 15 is 0 Å². The van der Waals surface area contributed by atoms with E-state index in [9.17, 15) is 4.79 Å². The van der Waals surface area contributed by atoms with Crippen molar-refractivity contribution in [1.29, 1.82) is 0 Å². The number of carbonyl (C=O) groups excluding carboxylic acids is 1. The van der Waals surface area contributed by atoms with Crippen LogP contribution in [0.25, 0.3) is 0 Å². The van der Waals surface area contributed by atoms with Crippen LogP contribution in [-0.2, 0) is 9.53 Å². The van der Waals surface area contributed by atoms with Gasteiger partial charge in [-0.3, -0.25) is 4.79 Å². The molecule has 1 aromatic rings. The van der Waals surface area contributed by atoms with E-state index in [-0.39, 0.29) is 11.5 Å². The Bertz CT molecular complexity index is 507. The molecule has 1 aromatic carbocycles. The first-order chi connectivity index (χ1) is 9.89. The standard InChI is InChI=1S/C16H23NO4/c1-5-12(21-16(2,3)4)15(18)17-11-6-7-13-14(10-11)20-9-8-19-13/h6-7,10,12H,5,8-9H2,1-4H3,(H,17,18). The Balaban J connectivity index is 2.04. The van der Waals surface area contributed by atoms with Crippen molar-refractivity contribution in [2.75, 3.05) is 18.5 Å². The smallest absolute Gasteiger partial charge is 0.253 e. The summed E-state index contributed by atoms with van der Waals surface area (Å²) in [6.07, 6.45) is 0.145. The Morgan fingerprint density at radius 1 is 1.29 bits per heavy atom. The van der Waals surface area contributed by atoms with Crippen LogP contribution in [0.4, 0.5) is 5.69 Å². The number of hydrogen-bond acceptors (Lipinski definition) is 4. The number of rotatable bonds is 4. The number of benzene rings is 1. The number of carbonyl (C=O) groups is 1. The summed E-state index contributed by atoms with van der Waals surface area (Å²) in [5, 5.41) is 2.87. The third kappa shape index (κ3) is 4.36. The zero-order valence-electron chi connectivity index (χ0n) is 13.1. The van der Waals surface area contributed by atoms with Crippen LogP contribution in [0, 0.1) is 0 Å². The monoisotopic (exact) mass is 293 g/mol. The van der Waals surface area contributed by atoms with Gasteiger partial charge in [0.05, 0.1) is 5.60 Å². The highest BCUT2D eigenvalue weighted by Crippen LogP contribution is 2.32. The lowest BCUT2D eigenvalue weighted by Crippen LogP contribution is -2.36. The van der Waals surface area contributed by atoms with Crippen LogP contribution in [0.3, 0.4) is 0 Å². The molecule has 0 saturated carbocycles. The first-order valence-corrected chi connectivity index (χ1v) is 7.27. The summed E-state index contributed by atoms with van der Waals surface area (Å²) < 4.78 is 16.7. The van der Waals surface area contributed by atoms with E-state index in [0.717, 1.165) is 0 Å².